The highest BCUT2D eigenvalue weighted by atomic mass is 19.1. The minimum Gasteiger partial charge on any atom is -0.410 e. The monoisotopic (exact) mass is 427 g/mol. The first-order valence-electron chi connectivity index (χ1n) is 9.46. The van der Waals surface area contributed by atoms with E-state index < -0.39 is 5.82 Å². The number of nitrogens with zero attached hydrogens (tertiary/aromatic N) is 4. The molecule has 32 heavy (non-hydrogen) atoms. The molecule has 0 aliphatic heterocycles. The van der Waals surface area contributed by atoms with Gasteiger partial charge in [0, 0.05) is 17.4 Å². The Labute approximate surface area is 182 Å². The summed E-state index contributed by atoms with van der Waals surface area (Å²) in [6, 6.07) is 20.3. The third kappa shape index (κ3) is 4.42. The second-order valence-corrected chi connectivity index (χ2v) is 6.73. The van der Waals surface area contributed by atoms with Crippen molar-refractivity contribution >= 4 is 17.3 Å². The summed E-state index contributed by atoms with van der Waals surface area (Å²) in [7, 11) is 0. The maximum atomic E-state index is 14.9. The van der Waals surface area contributed by atoms with E-state index in [1.165, 1.54) is 36.5 Å². The molecule has 0 amide bonds. The molecule has 0 radical (unpaired) electrons. The van der Waals surface area contributed by atoms with Crippen LogP contribution in [-0.2, 0) is 0 Å². The van der Waals surface area contributed by atoms with E-state index in [1.807, 2.05) is 6.07 Å². The Balaban J connectivity index is 1.62. The SMILES string of the molecule is N#Cc1ccc(Nc2nccc(/C(=N/O)c3ccc(-c4ccc(F)cc4)cc3F)n2)cc1. The number of benzene rings is 3. The van der Waals surface area contributed by atoms with Gasteiger partial charge in [-0.25, -0.2) is 18.7 Å². The second kappa shape index (κ2) is 9.02. The van der Waals surface area contributed by atoms with Crippen LogP contribution in [0.2, 0.25) is 0 Å². The van der Waals surface area contributed by atoms with Crippen molar-refractivity contribution in [2.45, 2.75) is 0 Å². The van der Waals surface area contributed by atoms with Gasteiger partial charge in [0.1, 0.15) is 17.3 Å². The van der Waals surface area contributed by atoms with Gasteiger partial charge >= 0.3 is 0 Å². The zero-order valence-electron chi connectivity index (χ0n) is 16.5. The van der Waals surface area contributed by atoms with Crippen LogP contribution in [0, 0.1) is 23.0 Å². The van der Waals surface area contributed by atoms with Crippen LogP contribution in [0.1, 0.15) is 16.8 Å². The van der Waals surface area contributed by atoms with Gasteiger partial charge in [-0.1, -0.05) is 23.4 Å². The normalized spacial score (nSPS) is 11.1. The number of nitriles is 1. The third-order valence-electron chi connectivity index (χ3n) is 4.67. The number of anilines is 2. The molecule has 0 saturated heterocycles. The van der Waals surface area contributed by atoms with E-state index in [0.717, 1.165) is 0 Å². The van der Waals surface area contributed by atoms with Gasteiger partial charge in [0.25, 0.3) is 0 Å². The molecule has 0 atom stereocenters. The molecule has 6 nitrogen and oxygen atoms in total. The summed E-state index contributed by atoms with van der Waals surface area (Å²) in [6.45, 7) is 0. The number of halogens is 2. The Kier molecular flexibility index (Phi) is 5.81. The van der Waals surface area contributed by atoms with Crippen LogP contribution in [0.25, 0.3) is 11.1 Å². The van der Waals surface area contributed by atoms with Gasteiger partial charge in [-0.3, -0.25) is 0 Å². The smallest absolute Gasteiger partial charge is 0.227 e. The predicted octanol–water partition coefficient (Wildman–Crippen LogP) is 5.26. The average Bonchev–Trinajstić information content (AvgIpc) is 2.82. The van der Waals surface area contributed by atoms with Crippen LogP contribution in [0.4, 0.5) is 20.4 Å². The van der Waals surface area contributed by atoms with Crippen LogP contribution < -0.4 is 5.32 Å². The van der Waals surface area contributed by atoms with Crippen molar-refractivity contribution in [1.29, 1.82) is 5.26 Å². The van der Waals surface area contributed by atoms with E-state index in [2.05, 4.69) is 20.4 Å². The van der Waals surface area contributed by atoms with Gasteiger partial charge in [0.05, 0.1) is 17.3 Å². The lowest BCUT2D eigenvalue weighted by Crippen LogP contribution is -2.10. The fourth-order valence-electron chi connectivity index (χ4n) is 3.08. The van der Waals surface area contributed by atoms with Gasteiger partial charge in [-0.2, -0.15) is 5.26 Å². The van der Waals surface area contributed by atoms with Gasteiger partial charge < -0.3 is 10.5 Å². The molecule has 4 aromatic rings. The summed E-state index contributed by atoms with van der Waals surface area (Å²) in [5.74, 6) is -0.800. The lowest BCUT2D eigenvalue weighted by molar-refractivity contribution is 0.319. The molecule has 156 valence electrons. The highest BCUT2D eigenvalue weighted by molar-refractivity contribution is 6.11. The Morgan fingerprint density at radius 1 is 0.938 bits per heavy atom. The first-order valence-corrected chi connectivity index (χ1v) is 9.46. The van der Waals surface area contributed by atoms with Crippen molar-refractivity contribution in [2.75, 3.05) is 5.32 Å². The molecule has 0 saturated carbocycles. The predicted molar refractivity (Wildman–Crippen MR) is 116 cm³/mol. The molecule has 1 heterocycles. The van der Waals surface area contributed by atoms with Gasteiger partial charge in [0.2, 0.25) is 5.95 Å². The third-order valence-corrected chi connectivity index (χ3v) is 4.67. The maximum Gasteiger partial charge on any atom is 0.227 e. The van der Waals surface area contributed by atoms with Crippen molar-refractivity contribution in [1.82, 2.24) is 9.97 Å². The summed E-state index contributed by atoms with van der Waals surface area (Å²) >= 11 is 0. The van der Waals surface area contributed by atoms with E-state index in [4.69, 9.17) is 5.26 Å². The number of hydrogen-bond donors (Lipinski definition) is 2. The van der Waals surface area contributed by atoms with E-state index >= 15 is 0 Å². The molecule has 1 aromatic heterocycles. The van der Waals surface area contributed by atoms with Crippen molar-refractivity contribution in [2.24, 2.45) is 5.16 Å². The first-order chi connectivity index (χ1) is 15.6. The van der Waals surface area contributed by atoms with Crippen molar-refractivity contribution in [3.05, 3.63) is 107 Å². The molecule has 0 spiro atoms. The van der Waals surface area contributed by atoms with Crippen LogP contribution in [-0.4, -0.2) is 20.9 Å². The molecular formula is C24H15F2N5O. The molecule has 0 fully saturated rings. The first kappa shape index (κ1) is 20.6. The average molecular weight is 427 g/mol. The molecule has 0 bridgehead atoms. The lowest BCUT2D eigenvalue weighted by atomic mass is 10.00. The van der Waals surface area contributed by atoms with Crippen molar-refractivity contribution < 1.29 is 14.0 Å². The second-order valence-electron chi connectivity index (χ2n) is 6.73. The molecule has 8 heteroatoms. The quantitative estimate of drug-likeness (QED) is 0.257. The summed E-state index contributed by atoms with van der Waals surface area (Å²) in [5, 5.41) is 24.7. The van der Waals surface area contributed by atoms with E-state index in [-0.39, 0.29) is 28.7 Å². The maximum absolute atomic E-state index is 14.9. The summed E-state index contributed by atoms with van der Waals surface area (Å²) < 4.78 is 28.0. The Morgan fingerprint density at radius 3 is 2.31 bits per heavy atom. The van der Waals surface area contributed by atoms with Crippen LogP contribution in [0.5, 0.6) is 0 Å². The number of oxime groups is 1. The molecule has 0 unspecified atom stereocenters. The van der Waals surface area contributed by atoms with E-state index in [1.54, 1.807) is 42.5 Å². The zero-order valence-corrected chi connectivity index (χ0v) is 16.5. The standard InChI is InChI=1S/C24H15F2N5O/c25-18-6-3-16(4-7-18)17-5-10-20(21(26)13-17)23(31-32)22-11-12-28-24(30-22)29-19-8-1-15(14-27)2-9-19/h1-13,32H,(H,28,29,30)/b31-23+. The van der Waals surface area contributed by atoms with Crippen molar-refractivity contribution in [3.8, 4) is 17.2 Å². The van der Waals surface area contributed by atoms with Gasteiger partial charge in [0.15, 0.2) is 0 Å². The van der Waals surface area contributed by atoms with Gasteiger partial charge in [-0.15, -0.1) is 0 Å². The highest BCUT2D eigenvalue weighted by Crippen LogP contribution is 2.24. The molecule has 0 aliphatic carbocycles. The number of hydrogen-bond acceptors (Lipinski definition) is 6. The minimum absolute atomic E-state index is 0.0429. The number of aromatic nitrogens is 2. The van der Waals surface area contributed by atoms with Crippen LogP contribution in [0.3, 0.4) is 0 Å². The summed E-state index contributed by atoms with van der Waals surface area (Å²) in [6.07, 6.45) is 1.45. The fraction of sp³-hybridized carbons (Fsp3) is 0. The summed E-state index contributed by atoms with van der Waals surface area (Å²) in [5.41, 5.74) is 2.54. The lowest BCUT2D eigenvalue weighted by Gasteiger charge is -2.10. The Bertz CT molecular complexity index is 1330. The summed E-state index contributed by atoms with van der Waals surface area (Å²) in [4.78, 5) is 8.43. The van der Waals surface area contributed by atoms with Crippen molar-refractivity contribution in [3.63, 3.8) is 0 Å². The largest absolute Gasteiger partial charge is 0.410 e. The highest BCUT2D eigenvalue weighted by Gasteiger charge is 2.16. The van der Waals surface area contributed by atoms with Crippen LogP contribution >= 0.6 is 0 Å². The Morgan fingerprint density at radius 2 is 1.66 bits per heavy atom. The molecule has 2 N–H and O–H groups in total. The van der Waals surface area contributed by atoms with E-state index in [9.17, 15) is 14.0 Å². The fourth-order valence-corrected chi connectivity index (χ4v) is 3.08. The van der Waals surface area contributed by atoms with E-state index in [0.29, 0.717) is 22.4 Å². The molecule has 4 rings (SSSR count). The minimum atomic E-state index is -0.625. The molecule has 3 aromatic carbocycles. The zero-order chi connectivity index (χ0) is 22.5. The Hall–Kier alpha value is -4.64. The topological polar surface area (TPSA) is 94.2 Å². The number of nitrogens with one attached hydrogen (secondary N) is 1. The van der Waals surface area contributed by atoms with Crippen LogP contribution in [0.15, 0.2) is 84.1 Å². The number of rotatable bonds is 5. The molecule has 0 aliphatic rings. The molecular weight excluding hydrogens is 412 g/mol. The van der Waals surface area contributed by atoms with Gasteiger partial charge in [-0.05, 0) is 65.7 Å².